The molecule has 0 aromatic heterocycles. The predicted octanol–water partition coefficient (Wildman–Crippen LogP) is 2.90. The van der Waals surface area contributed by atoms with Gasteiger partial charge in [0.15, 0.2) is 0 Å². The highest BCUT2D eigenvalue weighted by Gasteiger charge is 2.13. The number of methoxy groups -OCH3 is 1. The number of hydrogen-bond acceptors (Lipinski definition) is 3. The van der Waals surface area contributed by atoms with E-state index in [-0.39, 0.29) is 6.54 Å². The van der Waals surface area contributed by atoms with Crippen LogP contribution in [0.1, 0.15) is 13.8 Å². The van der Waals surface area contributed by atoms with Crippen molar-refractivity contribution in [3.8, 4) is 5.75 Å². The number of benzene rings is 1. The molecule has 0 aliphatic rings. The third-order valence-corrected chi connectivity index (χ3v) is 2.71. The molecule has 0 radical (unpaired) electrons. The van der Waals surface area contributed by atoms with E-state index < -0.39 is 5.97 Å². The number of anilines is 1. The van der Waals surface area contributed by atoms with E-state index in [0.29, 0.717) is 23.2 Å². The Labute approximate surface area is 112 Å². The fourth-order valence-electron chi connectivity index (χ4n) is 1.72. The second-order valence-corrected chi connectivity index (χ2v) is 4.89. The van der Waals surface area contributed by atoms with E-state index in [9.17, 15) is 4.79 Å². The van der Waals surface area contributed by atoms with E-state index in [4.69, 9.17) is 21.4 Å². The average molecular weight is 272 g/mol. The highest BCUT2D eigenvalue weighted by molar-refractivity contribution is 6.32. The SMILES string of the molecule is COc1ccc(N(CC(=O)O)CC(C)C)cc1Cl. The lowest BCUT2D eigenvalue weighted by molar-refractivity contribution is -0.135. The van der Waals surface area contributed by atoms with Crippen molar-refractivity contribution >= 4 is 23.3 Å². The maximum absolute atomic E-state index is 10.9. The lowest BCUT2D eigenvalue weighted by Crippen LogP contribution is -2.32. The van der Waals surface area contributed by atoms with Gasteiger partial charge in [-0.25, -0.2) is 0 Å². The van der Waals surface area contributed by atoms with Gasteiger partial charge in [-0.05, 0) is 24.1 Å². The smallest absolute Gasteiger partial charge is 0.323 e. The Morgan fingerprint density at radius 3 is 2.61 bits per heavy atom. The molecule has 1 aromatic carbocycles. The lowest BCUT2D eigenvalue weighted by Gasteiger charge is -2.25. The molecule has 0 aliphatic heterocycles. The number of carboxylic acid groups (broad SMARTS) is 1. The number of ether oxygens (including phenoxy) is 1. The number of hydrogen-bond donors (Lipinski definition) is 1. The van der Waals surface area contributed by atoms with Gasteiger partial charge < -0.3 is 14.7 Å². The van der Waals surface area contributed by atoms with Crippen LogP contribution in [0.3, 0.4) is 0 Å². The molecule has 1 N–H and O–H groups in total. The summed E-state index contributed by atoms with van der Waals surface area (Å²) in [5, 5.41) is 9.41. The molecule has 0 atom stereocenters. The molecular weight excluding hydrogens is 254 g/mol. The average Bonchev–Trinajstić information content (AvgIpc) is 2.26. The van der Waals surface area contributed by atoms with Gasteiger partial charge in [-0.1, -0.05) is 25.4 Å². The minimum absolute atomic E-state index is 0.0408. The van der Waals surface area contributed by atoms with E-state index in [1.54, 1.807) is 24.1 Å². The highest BCUT2D eigenvalue weighted by Crippen LogP contribution is 2.29. The fourth-order valence-corrected chi connectivity index (χ4v) is 1.97. The minimum atomic E-state index is -0.859. The van der Waals surface area contributed by atoms with Crippen molar-refractivity contribution in [3.63, 3.8) is 0 Å². The summed E-state index contributed by atoms with van der Waals surface area (Å²) in [6.07, 6.45) is 0. The van der Waals surface area contributed by atoms with Gasteiger partial charge in [0.1, 0.15) is 12.3 Å². The summed E-state index contributed by atoms with van der Waals surface area (Å²) in [6.45, 7) is 4.70. The molecule has 0 saturated carbocycles. The molecule has 5 heteroatoms. The van der Waals surface area contributed by atoms with Gasteiger partial charge in [0, 0.05) is 12.2 Å². The molecule has 0 fully saturated rings. The molecule has 0 aliphatic carbocycles. The van der Waals surface area contributed by atoms with Crippen LogP contribution in [0.2, 0.25) is 5.02 Å². The summed E-state index contributed by atoms with van der Waals surface area (Å²) in [5.74, 6) is 0.0908. The van der Waals surface area contributed by atoms with Gasteiger partial charge in [-0.15, -0.1) is 0 Å². The normalized spacial score (nSPS) is 10.5. The van der Waals surface area contributed by atoms with Crippen LogP contribution in [0.4, 0.5) is 5.69 Å². The number of halogens is 1. The Morgan fingerprint density at radius 2 is 2.17 bits per heavy atom. The van der Waals surface area contributed by atoms with E-state index >= 15 is 0 Å². The topological polar surface area (TPSA) is 49.8 Å². The minimum Gasteiger partial charge on any atom is -0.495 e. The Kier molecular flexibility index (Phi) is 5.28. The zero-order valence-corrected chi connectivity index (χ0v) is 11.6. The summed E-state index contributed by atoms with van der Waals surface area (Å²) in [5.41, 5.74) is 0.789. The van der Waals surface area contributed by atoms with Crippen LogP contribution in [0.5, 0.6) is 5.75 Å². The van der Waals surface area contributed by atoms with Crippen LogP contribution in [0, 0.1) is 5.92 Å². The molecule has 0 spiro atoms. The van der Waals surface area contributed by atoms with Crippen molar-refractivity contribution in [2.24, 2.45) is 5.92 Å². The largest absolute Gasteiger partial charge is 0.495 e. The van der Waals surface area contributed by atoms with Crippen molar-refractivity contribution in [2.45, 2.75) is 13.8 Å². The third-order valence-electron chi connectivity index (χ3n) is 2.41. The first kappa shape index (κ1) is 14.6. The van der Waals surface area contributed by atoms with E-state index in [1.807, 2.05) is 19.9 Å². The molecule has 1 aromatic rings. The first-order valence-electron chi connectivity index (χ1n) is 5.74. The summed E-state index contributed by atoms with van der Waals surface area (Å²) >= 11 is 6.05. The van der Waals surface area contributed by atoms with Crippen molar-refractivity contribution in [1.29, 1.82) is 0 Å². The van der Waals surface area contributed by atoms with Crippen molar-refractivity contribution < 1.29 is 14.6 Å². The van der Waals surface area contributed by atoms with Gasteiger partial charge in [-0.2, -0.15) is 0 Å². The number of carbonyl (C=O) groups is 1. The van der Waals surface area contributed by atoms with Gasteiger partial charge >= 0.3 is 5.97 Å². The molecule has 100 valence electrons. The standard InChI is InChI=1S/C13H18ClNO3/c1-9(2)7-15(8-13(16)17)10-4-5-12(18-3)11(14)6-10/h4-6,9H,7-8H2,1-3H3,(H,16,17). The molecular formula is C13H18ClNO3. The number of carboxylic acids is 1. The first-order chi connectivity index (χ1) is 8.43. The molecule has 0 saturated heterocycles. The third kappa shape index (κ3) is 4.11. The molecule has 0 amide bonds. The number of rotatable bonds is 6. The molecule has 0 unspecified atom stereocenters. The Bertz CT molecular complexity index is 421. The second kappa shape index (κ2) is 6.50. The van der Waals surface area contributed by atoms with Crippen molar-refractivity contribution in [1.82, 2.24) is 0 Å². The Morgan fingerprint density at radius 1 is 1.50 bits per heavy atom. The summed E-state index contributed by atoms with van der Waals surface area (Å²) in [7, 11) is 1.55. The van der Waals surface area contributed by atoms with E-state index in [1.165, 1.54) is 0 Å². The maximum Gasteiger partial charge on any atom is 0.323 e. The summed E-state index contributed by atoms with van der Waals surface area (Å²) < 4.78 is 5.08. The lowest BCUT2D eigenvalue weighted by atomic mass is 10.2. The molecule has 0 bridgehead atoms. The van der Waals surface area contributed by atoms with Crippen molar-refractivity contribution in [2.75, 3.05) is 25.1 Å². The van der Waals surface area contributed by atoms with Crippen LogP contribution < -0.4 is 9.64 Å². The monoisotopic (exact) mass is 271 g/mol. The molecule has 18 heavy (non-hydrogen) atoms. The van der Waals surface area contributed by atoms with E-state index in [0.717, 1.165) is 5.69 Å². The maximum atomic E-state index is 10.9. The van der Waals surface area contributed by atoms with Crippen LogP contribution in [-0.2, 0) is 4.79 Å². The van der Waals surface area contributed by atoms with Gasteiger partial charge in [-0.3, -0.25) is 4.79 Å². The van der Waals surface area contributed by atoms with Gasteiger partial charge in [0.25, 0.3) is 0 Å². The molecule has 4 nitrogen and oxygen atoms in total. The highest BCUT2D eigenvalue weighted by atomic mass is 35.5. The molecule has 1 rings (SSSR count). The van der Waals surface area contributed by atoms with E-state index in [2.05, 4.69) is 0 Å². The quantitative estimate of drug-likeness (QED) is 0.864. The zero-order valence-electron chi connectivity index (χ0n) is 10.8. The summed E-state index contributed by atoms with van der Waals surface area (Å²) in [4.78, 5) is 12.7. The zero-order chi connectivity index (χ0) is 13.7. The molecule has 0 heterocycles. The summed E-state index contributed by atoms with van der Waals surface area (Å²) in [6, 6.07) is 5.29. The predicted molar refractivity (Wildman–Crippen MR) is 72.7 cm³/mol. The van der Waals surface area contributed by atoms with Crippen LogP contribution >= 0.6 is 11.6 Å². The number of aliphatic carboxylic acids is 1. The van der Waals surface area contributed by atoms with Gasteiger partial charge in [0.2, 0.25) is 0 Å². The van der Waals surface area contributed by atoms with Crippen LogP contribution in [0.25, 0.3) is 0 Å². The van der Waals surface area contributed by atoms with Crippen molar-refractivity contribution in [3.05, 3.63) is 23.2 Å². The van der Waals surface area contributed by atoms with Crippen LogP contribution in [-0.4, -0.2) is 31.3 Å². The fraction of sp³-hybridized carbons (Fsp3) is 0.462. The van der Waals surface area contributed by atoms with Crippen LogP contribution in [0.15, 0.2) is 18.2 Å². The Balaban J connectivity index is 2.97. The second-order valence-electron chi connectivity index (χ2n) is 4.49. The number of nitrogens with zero attached hydrogens (tertiary/aromatic N) is 1. The first-order valence-corrected chi connectivity index (χ1v) is 6.12. The Hall–Kier alpha value is -1.42. The van der Waals surface area contributed by atoms with Gasteiger partial charge in [0.05, 0.1) is 12.1 Å².